The van der Waals surface area contributed by atoms with Crippen molar-refractivity contribution in [2.24, 2.45) is 0 Å². The van der Waals surface area contributed by atoms with Crippen molar-refractivity contribution in [3.8, 4) is 0 Å². The van der Waals surface area contributed by atoms with E-state index in [-0.39, 0.29) is 6.29 Å². The van der Waals surface area contributed by atoms with Crippen LogP contribution in [0.5, 0.6) is 0 Å². The molecule has 1 aliphatic rings. The molecule has 0 aliphatic carbocycles. The minimum atomic E-state index is -1.34. The Balaban J connectivity index is 2.17. The highest BCUT2D eigenvalue weighted by molar-refractivity contribution is 6.87. The van der Waals surface area contributed by atoms with E-state index in [0.717, 1.165) is 11.1 Å². The Bertz CT molecular complexity index is 307. The highest BCUT2D eigenvalue weighted by Gasteiger charge is 2.26. The standard InChI is InChI=1S/C10H16O3Si/c1-14(2,3)9-5-4-8(13-9)10-11-6-7-12-10/h4-5,10H,6-7H2,1-3H3. The summed E-state index contributed by atoms with van der Waals surface area (Å²) in [6.45, 7) is 8.09. The lowest BCUT2D eigenvalue weighted by molar-refractivity contribution is -0.0582. The molecule has 1 aromatic rings. The Morgan fingerprint density at radius 3 is 2.29 bits per heavy atom. The molecule has 0 atom stereocenters. The number of hydrogen-bond donors (Lipinski definition) is 0. The summed E-state index contributed by atoms with van der Waals surface area (Å²) in [6, 6.07) is 4.01. The van der Waals surface area contributed by atoms with Crippen molar-refractivity contribution in [1.82, 2.24) is 0 Å². The maximum atomic E-state index is 5.74. The summed E-state index contributed by atoms with van der Waals surface area (Å²) in [6.07, 6.45) is -0.278. The van der Waals surface area contributed by atoms with E-state index in [4.69, 9.17) is 13.9 Å². The second kappa shape index (κ2) is 3.53. The van der Waals surface area contributed by atoms with Crippen LogP contribution in [0.15, 0.2) is 16.5 Å². The fourth-order valence-electron chi connectivity index (χ4n) is 1.41. The molecule has 0 bridgehead atoms. The zero-order chi connectivity index (χ0) is 10.2. The van der Waals surface area contributed by atoms with Crippen LogP contribution in [0.1, 0.15) is 12.1 Å². The molecule has 1 saturated heterocycles. The minimum absolute atomic E-state index is 0.278. The summed E-state index contributed by atoms with van der Waals surface area (Å²) in [4.78, 5) is 0. The van der Waals surface area contributed by atoms with Crippen molar-refractivity contribution in [2.45, 2.75) is 25.9 Å². The topological polar surface area (TPSA) is 31.6 Å². The van der Waals surface area contributed by atoms with Crippen molar-refractivity contribution >= 4 is 13.5 Å². The first-order valence-electron chi connectivity index (χ1n) is 4.91. The van der Waals surface area contributed by atoms with Gasteiger partial charge in [-0.25, -0.2) is 0 Å². The van der Waals surface area contributed by atoms with Crippen LogP contribution in [0.4, 0.5) is 0 Å². The molecule has 4 heteroatoms. The van der Waals surface area contributed by atoms with E-state index < -0.39 is 8.07 Å². The molecule has 2 heterocycles. The van der Waals surface area contributed by atoms with Gasteiger partial charge in [0.15, 0.2) is 5.76 Å². The molecule has 0 N–H and O–H groups in total. The SMILES string of the molecule is C[Si](C)(C)c1ccc(C2OCCO2)o1. The molecule has 0 aromatic carbocycles. The molecule has 0 unspecified atom stereocenters. The van der Waals surface area contributed by atoms with E-state index in [0.29, 0.717) is 13.2 Å². The summed E-state index contributed by atoms with van der Waals surface area (Å²) < 4.78 is 16.5. The zero-order valence-electron chi connectivity index (χ0n) is 8.87. The fourth-order valence-corrected chi connectivity index (χ4v) is 2.41. The Kier molecular flexibility index (Phi) is 2.51. The Hall–Kier alpha value is -0.583. The third kappa shape index (κ3) is 1.92. The van der Waals surface area contributed by atoms with E-state index >= 15 is 0 Å². The Labute approximate surface area is 85.0 Å². The van der Waals surface area contributed by atoms with Gasteiger partial charge in [-0.1, -0.05) is 19.6 Å². The average molecular weight is 212 g/mol. The molecular weight excluding hydrogens is 196 g/mol. The van der Waals surface area contributed by atoms with Crippen molar-refractivity contribution in [3.05, 3.63) is 17.9 Å². The van der Waals surface area contributed by atoms with Crippen LogP contribution in [0.3, 0.4) is 0 Å². The monoisotopic (exact) mass is 212 g/mol. The third-order valence-electron chi connectivity index (χ3n) is 2.22. The first-order valence-corrected chi connectivity index (χ1v) is 8.41. The Morgan fingerprint density at radius 2 is 1.79 bits per heavy atom. The summed E-state index contributed by atoms with van der Waals surface area (Å²) in [7, 11) is -1.34. The van der Waals surface area contributed by atoms with Gasteiger partial charge in [0, 0.05) is 0 Å². The smallest absolute Gasteiger partial charge is 0.217 e. The number of hydrogen-bond acceptors (Lipinski definition) is 3. The lowest BCUT2D eigenvalue weighted by atomic mass is 10.4. The second-order valence-corrected chi connectivity index (χ2v) is 9.52. The molecule has 0 radical (unpaired) electrons. The van der Waals surface area contributed by atoms with Gasteiger partial charge in [0.25, 0.3) is 0 Å². The van der Waals surface area contributed by atoms with E-state index in [1.807, 2.05) is 12.1 Å². The number of rotatable bonds is 2. The van der Waals surface area contributed by atoms with Crippen LogP contribution in [-0.2, 0) is 9.47 Å². The largest absolute Gasteiger partial charge is 0.466 e. The molecule has 0 spiro atoms. The van der Waals surface area contributed by atoms with Crippen molar-refractivity contribution < 1.29 is 13.9 Å². The van der Waals surface area contributed by atoms with Crippen LogP contribution in [0.2, 0.25) is 19.6 Å². The van der Waals surface area contributed by atoms with Crippen molar-refractivity contribution in [3.63, 3.8) is 0 Å². The molecule has 0 saturated carbocycles. The molecule has 0 amide bonds. The predicted octanol–water partition coefficient (Wildman–Crippen LogP) is 1.87. The molecular formula is C10H16O3Si. The molecule has 1 aromatic heterocycles. The van der Waals surface area contributed by atoms with Gasteiger partial charge in [-0.15, -0.1) is 0 Å². The molecule has 1 aliphatic heterocycles. The van der Waals surface area contributed by atoms with Gasteiger partial charge in [0.1, 0.15) is 8.07 Å². The van der Waals surface area contributed by atoms with Crippen molar-refractivity contribution in [1.29, 1.82) is 0 Å². The summed E-state index contributed by atoms with van der Waals surface area (Å²) in [5, 5.41) is 1.10. The third-order valence-corrected chi connectivity index (χ3v) is 3.97. The van der Waals surface area contributed by atoms with Crippen molar-refractivity contribution in [2.75, 3.05) is 13.2 Å². The normalized spacial score (nSPS) is 19.1. The van der Waals surface area contributed by atoms with Crippen LogP contribution >= 0.6 is 0 Å². The number of ether oxygens (including phenoxy) is 2. The van der Waals surface area contributed by atoms with Gasteiger partial charge in [0.05, 0.1) is 18.6 Å². The van der Waals surface area contributed by atoms with E-state index in [1.165, 1.54) is 0 Å². The first-order chi connectivity index (χ1) is 6.57. The Morgan fingerprint density at radius 1 is 1.14 bits per heavy atom. The first kappa shape index (κ1) is 9.95. The lowest BCUT2D eigenvalue weighted by Crippen LogP contribution is -2.36. The highest BCUT2D eigenvalue weighted by Crippen LogP contribution is 2.23. The predicted molar refractivity (Wildman–Crippen MR) is 56.3 cm³/mol. The van der Waals surface area contributed by atoms with E-state index in [9.17, 15) is 0 Å². The van der Waals surface area contributed by atoms with Gasteiger partial charge < -0.3 is 13.9 Å². The molecule has 1 fully saturated rings. The van der Waals surface area contributed by atoms with Crippen LogP contribution in [0, 0.1) is 0 Å². The summed E-state index contributed by atoms with van der Waals surface area (Å²) in [5.41, 5.74) is 0. The quantitative estimate of drug-likeness (QED) is 0.701. The van der Waals surface area contributed by atoms with Gasteiger partial charge in [-0.05, 0) is 12.1 Å². The maximum absolute atomic E-state index is 5.74. The maximum Gasteiger partial charge on any atom is 0.217 e. The van der Waals surface area contributed by atoms with Gasteiger partial charge in [-0.3, -0.25) is 0 Å². The molecule has 78 valence electrons. The number of furan rings is 1. The van der Waals surface area contributed by atoms with Crippen LogP contribution in [0.25, 0.3) is 0 Å². The lowest BCUT2D eigenvalue weighted by Gasteiger charge is -2.12. The van der Waals surface area contributed by atoms with E-state index in [2.05, 4.69) is 19.6 Å². The van der Waals surface area contributed by atoms with Crippen LogP contribution in [-0.4, -0.2) is 21.3 Å². The minimum Gasteiger partial charge on any atom is -0.466 e. The molecule has 14 heavy (non-hydrogen) atoms. The highest BCUT2D eigenvalue weighted by atomic mass is 28.3. The second-order valence-electron chi connectivity index (χ2n) is 4.53. The van der Waals surface area contributed by atoms with Crippen LogP contribution < -0.4 is 5.38 Å². The van der Waals surface area contributed by atoms with Gasteiger partial charge in [0.2, 0.25) is 6.29 Å². The molecule has 3 nitrogen and oxygen atoms in total. The van der Waals surface area contributed by atoms with E-state index in [1.54, 1.807) is 0 Å². The summed E-state index contributed by atoms with van der Waals surface area (Å²) in [5.74, 6) is 0.805. The van der Waals surface area contributed by atoms with Gasteiger partial charge in [-0.2, -0.15) is 0 Å². The fraction of sp³-hybridized carbons (Fsp3) is 0.600. The summed E-state index contributed by atoms with van der Waals surface area (Å²) >= 11 is 0. The zero-order valence-corrected chi connectivity index (χ0v) is 9.87. The molecule has 2 rings (SSSR count). The van der Waals surface area contributed by atoms with Gasteiger partial charge >= 0.3 is 0 Å². The average Bonchev–Trinajstić information content (AvgIpc) is 2.73.